The van der Waals surface area contributed by atoms with E-state index in [1.54, 1.807) is 6.07 Å². The molecule has 0 spiro atoms. The number of aromatic nitrogens is 1. The van der Waals surface area contributed by atoms with Gasteiger partial charge in [0.05, 0.1) is 6.04 Å². The van der Waals surface area contributed by atoms with Crippen molar-refractivity contribution < 1.29 is 9.32 Å². The van der Waals surface area contributed by atoms with Crippen molar-refractivity contribution in [1.29, 1.82) is 0 Å². The topological polar surface area (TPSA) is 55.1 Å². The van der Waals surface area contributed by atoms with Crippen molar-refractivity contribution in [2.24, 2.45) is 0 Å². The van der Waals surface area contributed by atoms with Crippen LogP contribution in [0.25, 0.3) is 0 Å². The van der Waals surface area contributed by atoms with E-state index < -0.39 is 0 Å². The largest absolute Gasteiger partial charge is 0.360 e. The predicted octanol–water partition coefficient (Wildman–Crippen LogP) is 3.52. The molecule has 1 saturated carbocycles. The number of nitrogens with zero attached hydrogens (tertiary/aromatic N) is 1. The number of fused-ring (bicyclic) bond motifs is 1. The van der Waals surface area contributed by atoms with Crippen LogP contribution in [0.15, 0.2) is 39.8 Å². The van der Waals surface area contributed by atoms with Gasteiger partial charge in [-0.25, -0.2) is 0 Å². The average Bonchev–Trinajstić information content (AvgIpc) is 3.25. The maximum Gasteiger partial charge on any atom is 0.273 e. The second kappa shape index (κ2) is 5.22. The van der Waals surface area contributed by atoms with Crippen LogP contribution in [0.3, 0.4) is 0 Å². The molecule has 2 heterocycles. The first-order valence-corrected chi connectivity index (χ1v) is 8.29. The molecule has 108 valence electrons. The van der Waals surface area contributed by atoms with Gasteiger partial charge in [-0.15, -0.1) is 11.8 Å². The van der Waals surface area contributed by atoms with Crippen molar-refractivity contribution in [1.82, 2.24) is 10.5 Å². The molecule has 2 aromatic rings. The van der Waals surface area contributed by atoms with E-state index >= 15 is 0 Å². The van der Waals surface area contributed by atoms with Gasteiger partial charge >= 0.3 is 0 Å². The molecule has 1 fully saturated rings. The fourth-order valence-corrected chi connectivity index (χ4v) is 3.81. The van der Waals surface area contributed by atoms with Crippen molar-refractivity contribution in [3.8, 4) is 0 Å². The Labute approximate surface area is 127 Å². The summed E-state index contributed by atoms with van der Waals surface area (Å²) in [4.78, 5) is 13.6. The number of carbonyl (C=O) groups is 1. The summed E-state index contributed by atoms with van der Waals surface area (Å²) in [7, 11) is 0. The molecule has 0 saturated heterocycles. The number of benzene rings is 1. The zero-order valence-corrected chi connectivity index (χ0v) is 12.4. The molecule has 0 bridgehead atoms. The molecule has 1 aliphatic carbocycles. The van der Waals surface area contributed by atoms with E-state index in [0.29, 0.717) is 11.6 Å². The number of hydrogen-bond acceptors (Lipinski definition) is 4. The van der Waals surface area contributed by atoms with Gasteiger partial charge in [0.1, 0.15) is 5.76 Å². The second-order valence-electron chi connectivity index (χ2n) is 5.59. The highest BCUT2D eigenvalue weighted by Gasteiger charge is 2.29. The van der Waals surface area contributed by atoms with Crippen LogP contribution in [0.1, 0.15) is 53.0 Å². The third kappa shape index (κ3) is 2.58. The molecule has 4 nitrogen and oxygen atoms in total. The molecular weight excluding hydrogens is 284 g/mol. The summed E-state index contributed by atoms with van der Waals surface area (Å²) < 4.78 is 5.25. The van der Waals surface area contributed by atoms with Gasteiger partial charge in [-0.05, 0) is 30.9 Å². The number of thioether (sulfide) groups is 1. The SMILES string of the molecule is O=C(N[C@@H]1CCSc2ccccc21)c1cc(C2CC2)on1. The minimum Gasteiger partial charge on any atom is -0.360 e. The third-order valence-electron chi connectivity index (χ3n) is 4.00. The highest BCUT2D eigenvalue weighted by atomic mass is 32.2. The van der Waals surface area contributed by atoms with Crippen molar-refractivity contribution >= 4 is 17.7 Å². The smallest absolute Gasteiger partial charge is 0.273 e. The Bertz CT molecular complexity index is 678. The minimum atomic E-state index is -0.141. The van der Waals surface area contributed by atoms with Crippen LogP contribution in [0.5, 0.6) is 0 Å². The highest BCUT2D eigenvalue weighted by molar-refractivity contribution is 7.99. The zero-order chi connectivity index (χ0) is 14.2. The Morgan fingerprint density at radius 1 is 1.29 bits per heavy atom. The van der Waals surface area contributed by atoms with Gasteiger partial charge in [0.25, 0.3) is 5.91 Å². The van der Waals surface area contributed by atoms with Gasteiger partial charge in [-0.3, -0.25) is 4.79 Å². The number of carbonyl (C=O) groups excluding carboxylic acids is 1. The molecule has 4 rings (SSSR count). The summed E-state index contributed by atoms with van der Waals surface area (Å²) in [5.41, 5.74) is 1.60. The van der Waals surface area contributed by atoms with Gasteiger partial charge < -0.3 is 9.84 Å². The molecule has 1 amide bonds. The number of nitrogens with one attached hydrogen (secondary N) is 1. The lowest BCUT2D eigenvalue weighted by atomic mass is 10.0. The summed E-state index contributed by atoms with van der Waals surface area (Å²) in [5, 5.41) is 7.00. The maximum absolute atomic E-state index is 12.3. The number of rotatable bonds is 3. The predicted molar refractivity (Wildman–Crippen MR) is 80.5 cm³/mol. The maximum atomic E-state index is 12.3. The molecule has 0 unspecified atom stereocenters. The Kier molecular flexibility index (Phi) is 3.22. The molecule has 1 aromatic carbocycles. The molecule has 1 aromatic heterocycles. The quantitative estimate of drug-likeness (QED) is 0.942. The standard InChI is InChI=1S/C16H16N2O2S/c19-16(13-9-14(20-18-13)10-5-6-10)17-12-7-8-21-15-4-2-1-3-11(12)15/h1-4,9-10,12H,5-8H2,(H,17,19)/t12-/m1/s1. The van der Waals surface area contributed by atoms with Crippen LogP contribution in [-0.2, 0) is 0 Å². The van der Waals surface area contributed by atoms with Gasteiger partial charge in [0, 0.05) is 22.6 Å². The average molecular weight is 300 g/mol. The van der Waals surface area contributed by atoms with Crippen LogP contribution in [0.2, 0.25) is 0 Å². The molecule has 2 aliphatic rings. The van der Waals surface area contributed by atoms with E-state index in [0.717, 1.165) is 30.8 Å². The van der Waals surface area contributed by atoms with Gasteiger partial charge in [-0.2, -0.15) is 0 Å². The van der Waals surface area contributed by atoms with Gasteiger partial charge in [-0.1, -0.05) is 23.4 Å². The van der Waals surface area contributed by atoms with E-state index in [9.17, 15) is 4.79 Å². The first-order chi connectivity index (χ1) is 10.3. The number of amides is 1. The van der Waals surface area contributed by atoms with Crippen molar-refractivity contribution in [3.05, 3.63) is 47.3 Å². The van der Waals surface area contributed by atoms with E-state index in [-0.39, 0.29) is 11.9 Å². The lowest BCUT2D eigenvalue weighted by molar-refractivity contribution is 0.0925. The van der Waals surface area contributed by atoms with Crippen LogP contribution < -0.4 is 5.32 Å². The lowest BCUT2D eigenvalue weighted by Gasteiger charge is -2.25. The monoisotopic (exact) mass is 300 g/mol. The highest BCUT2D eigenvalue weighted by Crippen LogP contribution is 2.40. The van der Waals surface area contributed by atoms with E-state index in [1.807, 2.05) is 23.9 Å². The molecule has 0 radical (unpaired) electrons. The normalized spacial score (nSPS) is 20.9. The van der Waals surface area contributed by atoms with Crippen molar-refractivity contribution in [3.63, 3.8) is 0 Å². The molecule has 21 heavy (non-hydrogen) atoms. The minimum absolute atomic E-state index is 0.0658. The lowest BCUT2D eigenvalue weighted by Crippen LogP contribution is -2.30. The number of hydrogen-bond donors (Lipinski definition) is 1. The fourth-order valence-electron chi connectivity index (χ4n) is 2.68. The van der Waals surface area contributed by atoms with Crippen molar-refractivity contribution in [2.75, 3.05) is 5.75 Å². The molecule has 1 atom stereocenters. The Morgan fingerprint density at radius 3 is 3.00 bits per heavy atom. The van der Waals surface area contributed by atoms with E-state index in [4.69, 9.17) is 4.52 Å². The van der Waals surface area contributed by atoms with E-state index in [2.05, 4.69) is 22.6 Å². The van der Waals surface area contributed by atoms with Crippen LogP contribution >= 0.6 is 11.8 Å². The van der Waals surface area contributed by atoms with Crippen LogP contribution in [0, 0.1) is 0 Å². The first-order valence-electron chi connectivity index (χ1n) is 7.30. The third-order valence-corrected chi connectivity index (χ3v) is 5.13. The molecular formula is C16H16N2O2S. The molecule has 1 aliphatic heterocycles. The van der Waals surface area contributed by atoms with Gasteiger partial charge in [0.2, 0.25) is 0 Å². The fraction of sp³-hybridized carbons (Fsp3) is 0.375. The second-order valence-corrected chi connectivity index (χ2v) is 6.73. The molecule has 5 heteroatoms. The van der Waals surface area contributed by atoms with Crippen molar-refractivity contribution in [2.45, 2.75) is 36.1 Å². The van der Waals surface area contributed by atoms with E-state index in [1.165, 1.54) is 10.5 Å². The first kappa shape index (κ1) is 13.0. The zero-order valence-electron chi connectivity index (χ0n) is 11.5. The Hall–Kier alpha value is -1.75. The summed E-state index contributed by atoms with van der Waals surface area (Å²) in [6, 6.07) is 10.1. The van der Waals surface area contributed by atoms with Gasteiger partial charge in [0.15, 0.2) is 5.69 Å². The Balaban J connectivity index is 1.51. The Morgan fingerprint density at radius 2 is 2.14 bits per heavy atom. The van der Waals surface area contributed by atoms with Crippen LogP contribution in [-0.4, -0.2) is 16.8 Å². The summed E-state index contributed by atoms with van der Waals surface area (Å²) in [5.74, 6) is 2.21. The summed E-state index contributed by atoms with van der Waals surface area (Å²) >= 11 is 1.85. The molecule has 1 N–H and O–H groups in total. The summed E-state index contributed by atoms with van der Waals surface area (Å²) in [6.07, 6.45) is 3.23. The van der Waals surface area contributed by atoms with Crippen LogP contribution in [0.4, 0.5) is 0 Å². The summed E-state index contributed by atoms with van der Waals surface area (Å²) in [6.45, 7) is 0.